The van der Waals surface area contributed by atoms with Crippen molar-refractivity contribution in [1.82, 2.24) is 9.97 Å². The van der Waals surface area contributed by atoms with E-state index in [4.69, 9.17) is 16.3 Å². The summed E-state index contributed by atoms with van der Waals surface area (Å²) in [5.74, 6) is 0.648. The zero-order valence-electron chi connectivity index (χ0n) is 21.2. The van der Waals surface area contributed by atoms with Gasteiger partial charge in [-0.1, -0.05) is 37.6 Å². The normalized spacial score (nSPS) is 14.2. The number of halogens is 1. The molecule has 0 atom stereocenters. The van der Waals surface area contributed by atoms with E-state index in [9.17, 15) is 13.7 Å². The number of aromatic nitrogens is 2. The molecule has 0 radical (unpaired) electrons. The molecule has 0 unspecified atom stereocenters. The molecule has 3 aromatic rings. The molecule has 0 spiro atoms. The van der Waals surface area contributed by atoms with Crippen molar-refractivity contribution in [2.45, 2.75) is 45.1 Å². The molecule has 1 N–H and O–H groups in total. The van der Waals surface area contributed by atoms with E-state index in [0.29, 0.717) is 22.0 Å². The lowest BCUT2D eigenvalue weighted by Crippen LogP contribution is -2.30. The Morgan fingerprint density at radius 2 is 1.81 bits per heavy atom. The molecule has 2 aromatic carbocycles. The minimum absolute atomic E-state index is 0.00222. The number of ether oxygens (including phenoxy) is 1. The average molecular weight is 540 g/mol. The molecule has 1 saturated heterocycles. The van der Waals surface area contributed by atoms with Crippen LogP contribution in [0.2, 0.25) is 5.02 Å². The number of anilines is 2. The van der Waals surface area contributed by atoms with Crippen molar-refractivity contribution in [3.63, 3.8) is 0 Å². The number of piperidine rings is 1. The fraction of sp³-hybridized carbons (Fsp3) is 0.370. The molecule has 37 heavy (non-hydrogen) atoms. The minimum Gasteiger partial charge on any atom is -0.487 e. The van der Waals surface area contributed by atoms with Crippen molar-refractivity contribution < 1.29 is 13.2 Å². The van der Waals surface area contributed by atoms with Crippen LogP contribution in [-0.2, 0) is 22.0 Å². The number of hydrogen-bond acceptors (Lipinski definition) is 7. The Bertz CT molecular complexity index is 1410. The monoisotopic (exact) mass is 539 g/mol. The van der Waals surface area contributed by atoms with E-state index in [1.165, 1.54) is 12.6 Å². The van der Waals surface area contributed by atoms with E-state index in [1.807, 2.05) is 36.4 Å². The van der Waals surface area contributed by atoms with Crippen molar-refractivity contribution in [1.29, 1.82) is 5.26 Å². The van der Waals surface area contributed by atoms with Crippen LogP contribution in [-0.4, -0.2) is 37.7 Å². The molecule has 0 aliphatic carbocycles. The summed E-state index contributed by atoms with van der Waals surface area (Å²) < 4.78 is 30.9. The maximum absolute atomic E-state index is 11.4. The molecule has 0 amide bonds. The van der Waals surface area contributed by atoms with E-state index in [2.05, 4.69) is 39.5 Å². The number of benzene rings is 2. The number of rotatable bonds is 8. The first-order valence-electron chi connectivity index (χ1n) is 12.1. The second-order valence-electron chi connectivity index (χ2n) is 9.70. The minimum atomic E-state index is -3.46. The van der Waals surface area contributed by atoms with E-state index in [-0.39, 0.29) is 12.6 Å². The largest absolute Gasteiger partial charge is 0.487 e. The number of sulfonamides is 1. The standard InChI is InChI=1S/C27H30ClN5O3S/c1-27(2,21-15-19(17-29)25(24(28)16-21)33-13-5-4-6-14-33)20-7-9-23(10-8-20)36-18-22-11-12-30-26(31-22)32-37(3,34)35/h7-12,15-16H,4-6,13-14,18H2,1-3H3,(H,30,31,32). The molecular weight excluding hydrogens is 510 g/mol. The summed E-state index contributed by atoms with van der Waals surface area (Å²) in [6, 6.07) is 15.7. The Hall–Kier alpha value is -3.35. The summed E-state index contributed by atoms with van der Waals surface area (Å²) >= 11 is 6.75. The molecule has 10 heteroatoms. The SMILES string of the molecule is CC(C)(c1ccc(OCc2ccnc(NS(C)(=O)=O)n2)cc1)c1cc(Cl)c(N2CCCCC2)c(C#N)c1. The Morgan fingerprint density at radius 1 is 1.11 bits per heavy atom. The van der Waals surface area contributed by atoms with Gasteiger partial charge in [-0.2, -0.15) is 5.26 Å². The maximum atomic E-state index is 11.4. The van der Waals surface area contributed by atoms with Gasteiger partial charge in [0.15, 0.2) is 0 Å². The summed E-state index contributed by atoms with van der Waals surface area (Å²) in [5, 5.41) is 10.5. The van der Waals surface area contributed by atoms with Crippen molar-refractivity contribution in [2.24, 2.45) is 0 Å². The molecular formula is C27H30ClN5O3S. The zero-order chi connectivity index (χ0) is 26.6. The summed E-state index contributed by atoms with van der Waals surface area (Å²) in [6.45, 7) is 6.20. The Balaban J connectivity index is 1.50. The Labute approximate surface area is 223 Å². The fourth-order valence-corrected chi connectivity index (χ4v) is 5.24. The second-order valence-corrected chi connectivity index (χ2v) is 11.9. The van der Waals surface area contributed by atoms with Gasteiger partial charge in [0, 0.05) is 24.7 Å². The van der Waals surface area contributed by atoms with Crippen molar-refractivity contribution in [2.75, 3.05) is 29.0 Å². The van der Waals surface area contributed by atoms with Crippen LogP contribution in [0.5, 0.6) is 5.75 Å². The van der Waals surface area contributed by atoms with E-state index in [1.54, 1.807) is 6.07 Å². The number of nitrogens with zero attached hydrogens (tertiary/aromatic N) is 4. The van der Waals surface area contributed by atoms with Crippen LogP contribution in [0.15, 0.2) is 48.7 Å². The van der Waals surface area contributed by atoms with E-state index >= 15 is 0 Å². The smallest absolute Gasteiger partial charge is 0.236 e. The van der Waals surface area contributed by atoms with Crippen molar-refractivity contribution in [3.8, 4) is 11.8 Å². The molecule has 4 rings (SSSR count). The van der Waals surface area contributed by atoms with Gasteiger partial charge >= 0.3 is 0 Å². The third kappa shape index (κ3) is 6.51. The van der Waals surface area contributed by atoms with E-state index < -0.39 is 15.4 Å². The van der Waals surface area contributed by atoms with Gasteiger partial charge in [0.1, 0.15) is 18.4 Å². The molecule has 1 aliphatic rings. The summed E-state index contributed by atoms with van der Waals surface area (Å²) in [4.78, 5) is 10.3. The third-order valence-corrected chi connectivity index (χ3v) is 7.37. The van der Waals surface area contributed by atoms with Gasteiger partial charge in [0.05, 0.1) is 28.2 Å². The predicted octanol–water partition coefficient (Wildman–Crippen LogP) is 5.27. The molecule has 8 nitrogen and oxygen atoms in total. The van der Waals surface area contributed by atoms with Crippen LogP contribution in [0.4, 0.5) is 11.6 Å². The van der Waals surface area contributed by atoms with Crippen LogP contribution in [0, 0.1) is 11.3 Å². The molecule has 1 fully saturated rings. The van der Waals surface area contributed by atoms with Crippen LogP contribution in [0.3, 0.4) is 0 Å². The number of nitrogens with one attached hydrogen (secondary N) is 1. The van der Waals surface area contributed by atoms with Crippen LogP contribution in [0.1, 0.15) is 55.5 Å². The highest BCUT2D eigenvalue weighted by molar-refractivity contribution is 7.91. The van der Waals surface area contributed by atoms with Crippen LogP contribution < -0.4 is 14.4 Å². The number of nitriles is 1. The topological polar surface area (TPSA) is 108 Å². The third-order valence-electron chi connectivity index (χ3n) is 6.53. The van der Waals surface area contributed by atoms with Gasteiger partial charge in [-0.15, -0.1) is 0 Å². The first-order valence-corrected chi connectivity index (χ1v) is 14.4. The zero-order valence-corrected chi connectivity index (χ0v) is 22.7. The van der Waals surface area contributed by atoms with Gasteiger partial charge in [-0.25, -0.2) is 18.4 Å². The quantitative estimate of drug-likeness (QED) is 0.415. The van der Waals surface area contributed by atoms with Crippen LogP contribution in [0.25, 0.3) is 0 Å². The molecule has 2 heterocycles. The Morgan fingerprint density at radius 3 is 2.46 bits per heavy atom. The van der Waals surface area contributed by atoms with Crippen LogP contribution >= 0.6 is 11.6 Å². The van der Waals surface area contributed by atoms with Crippen molar-refractivity contribution >= 4 is 33.3 Å². The second kappa shape index (κ2) is 11.0. The highest BCUT2D eigenvalue weighted by Crippen LogP contribution is 2.39. The van der Waals surface area contributed by atoms with Gasteiger partial charge in [-0.05, 0) is 60.7 Å². The summed E-state index contributed by atoms with van der Waals surface area (Å²) in [6.07, 6.45) is 5.95. The molecule has 1 aromatic heterocycles. The maximum Gasteiger partial charge on any atom is 0.236 e. The lowest BCUT2D eigenvalue weighted by molar-refractivity contribution is 0.301. The fourth-order valence-electron chi connectivity index (χ4n) is 4.47. The van der Waals surface area contributed by atoms with E-state index in [0.717, 1.165) is 49.0 Å². The molecule has 194 valence electrons. The molecule has 0 saturated carbocycles. The highest BCUT2D eigenvalue weighted by Gasteiger charge is 2.27. The first-order chi connectivity index (χ1) is 17.6. The van der Waals surface area contributed by atoms with Gasteiger partial charge in [-0.3, -0.25) is 4.72 Å². The summed E-state index contributed by atoms with van der Waals surface area (Å²) in [7, 11) is -3.46. The van der Waals surface area contributed by atoms with Gasteiger partial charge < -0.3 is 9.64 Å². The first kappa shape index (κ1) is 26.7. The average Bonchev–Trinajstić information content (AvgIpc) is 2.87. The lowest BCUT2D eigenvalue weighted by atomic mass is 9.77. The number of hydrogen-bond donors (Lipinski definition) is 1. The Kier molecular flexibility index (Phi) is 7.90. The van der Waals surface area contributed by atoms with Gasteiger partial charge in [0.2, 0.25) is 16.0 Å². The summed E-state index contributed by atoms with van der Waals surface area (Å²) in [5.41, 5.74) is 3.60. The van der Waals surface area contributed by atoms with Gasteiger partial charge in [0.25, 0.3) is 0 Å². The molecule has 1 aliphatic heterocycles. The lowest BCUT2D eigenvalue weighted by Gasteiger charge is -2.32. The predicted molar refractivity (Wildman–Crippen MR) is 146 cm³/mol. The highest BCUT2D eigenvalue weighted by atomic mass is 35.5. The van der Waals surface area contributed by atoms with Crippen molar-refractivity contribution in [3.05, 3.63) is 76.1 Å². The molecule has 0 bridgehead atoms.